The second-order valence-corrected chi connectivity index (χ2v) is 14.1. The van der Waals surface area contributed by atoms with Crippen LogP contribution in [0.5, 0.6) is 0 Å². The van der Waals surface area contributed by atoms with Gasteiger partial charge in [-0.25, -0.2) is 0 Å². The first-order valence-electron chi connectivity index (χ1n) is 17.4. The third-order valence-electron chi connectivity index (χ3n) is 10.8. The highest BCUT2D eigenvalue weighted by Crippen LogP contribution is 2.34. The van der Waals surface area contributed by atoms with Crippen LogP contribution in [0.15, 0.2) is 97.1 Å². The van der Waals surface area contributed by atoms with Crippen LogP contribution in [0.2, 0.25) is 0 Å². The van der Waals surface area contributed by atoms with Crippen molar-refractivity contribution in [2.45, 2.75) is 78.0 Å². The number of carbonyl (C=O) groups excluding carboxylic acids is 2. The van der Waals surface area contributed by atoms with Gasteiger partial charge < -0.3 is 20.6 Å². The van der Waals surface area contributed by atoms with Crippen molar-refractivity contribution in [1.29, 1.82) is 0 Å². The monoisotopic (exact) mass is 678 g/mol. The minimum absolute atomic E-state index is 0.0171. The van der Waals surface area contributed by atoms with Crippen molar-refractivity contribution in [2.24, 2.45) is 0 Å². The number of hydrogen-bond donors (Lipinski definition) is 3. The van der Waals surface area contributed by atoms with Crippen LogP contribution >= 0.6 is 0 Å². The molecule has 0 aromatic heterocycles. The highest BCUT2D eigenvalue weighted by molar-refractivity contribution is 5.97. The highest BCUT2D eigenvalue weighted by Gasteiger charge is 2.39. The number of benzene rings is 4. The van der Waals surface area contributed by atoms with Gasteiger partial charge in [0.2, 0.25) is 0 Å². The highest BCUT2D eigenvalue weighted by atomic mass is 16.3. The molecule has 0 aliphatic rings. The molecule has 0 aliphatic heterocycles. The van der Waals surface area contributed by atoms with Gasteiger partial charge in [-0.15, -0.1) is 0 Å². The van der Waals surface area contributed by atoms with Gasteiger partial charge >= 0.3 is 0 Å². The minimum Gasteiger partial charge on any atom is -0.394 e. The Morgan fingerprint density at radius 3 is 1.28 bits per heavy atom. The van der Waals surface area contributed by atoms with Crippen LogP contribution in [0.3, 0.4) is 0 Å². The molecular formula is C43H58N4O3. The van der Waals surface area contributed by atoms with Crippen LogP contribution in [0.1, 0.15) is 93.4 Å². The first-order chi connectivity index (χ1) is 23.6. The fourth-order valence-corrected chi connectivity index (χ4v) is 6.17. The smallest absolute Gasteiger partial charge is 0.252 e. The van der Waals surface area contributed by atoms with Crippen molar-refractivity contribution >= 4 is 11.8 Å². The molecule has 0 saturated heterocycles. The molecule has 0 bridgehead atoms. The van der Waals surface area contributed by atoms with Crippen LogP contribution in [0.4, 0.5) is 0 Å². The molecule has 0 radical (unpaired) electrons. The molecule has 7 heteroatoms. The number of nitrogens with one attached hydrogen (secondary N) is 2. The molecule has 0 fully saturated rings. The fraction of sp³-hybridized carbons (Fsp3) is 0.395. The number of aliphatic hydroxyl groups excluding tert-OH is 1. The molecule has 7 nitrogen and oxygen atoms in total. The topological polar surface area (TPSA) is 84.9 Å². The van der Waals surface area contributed by atoms with Crippen molar-refractivity contribution in [2.75, 3.05) is 34.8 Å². The molecule has 4 unspecified atom stereocenters. The van der Waals surface area contributed by atoms with Gasteiger partial charge in [-0.1, -0.05) is 91.9 Å². The molecule has 268 valence electrons. The van der Waals surface area contributed by atoms with Gasteiger partial charge in [-0.3, -0.25) is 14.5 Å². The molecule has 4 aromatic carbocycles. The third kappa shape index (κ3) is 9.08. The van der Waals surface area contributed by atoms with E-state index in [9.17, 15) is 14.7 Å². The Morgan fingerprint density at radius 1 is 0.600 bits per heavy atom. The predicted molar refractivity (Wildman–Crippen MR) is 207 cm³/mol. The number of likely N-dealkylation sites (N-methyl/N-ethyl adjacent to an activating group) is 2. The number of aliphatic hydroxyl groups is 1. The van der Waals surface area contributed by atoms with Gasteiger partial charge in [0.25, 0.3) is 11.8 Å². The van der Waals surface area contributed by atoms with Crippen LogP contribution in [-0.2, 0) is 0 Å². The lowest BCUT2D eigenvalue weighted by molar-refractivity contribution is 0.0447. The van der Waals surface area contributed by atoms with E-state index in [0.29, 0.717) is 5.56 Å². The zero-order valence-electron chi connectivity index (χ0n) is 32.0. The maximum atomic E-state index is 13.1. The Hall–Kier alpha value is -4.30. The van der Waals surface area contributed by atoms with E-state index in [2.05, 4.69) is 55.6 Å². The normalized spacial score (nSPS) is 14.8. The lowest BCUT2D eigenvalue weighted by Crippen LogP contribution is -2.55. The summed E-state index contributed by atoms with van der Waals surface area (Å²) in [5.74, 6) is -0.145. The third-order valence-corrected chi connectivity index (χ3v) is 10.8. The Morgan fingerprint density at radius 2 is 0.960 bits per heavy atom. The quantitative estimate of drug-likeness (QED) is 0.144. The summed E-state index contributed by atoms with van der Waals surface area (Å²) in [5.41, 5.74) is 6.92. The molecule has 4 rings (SSSR count). The SMILES string of the molecule is CCC(C)(C(NC(=O)c1cccc(C)c1C)c1ccccc1)N(C)C.Cc1cccc(C(=O)NC(c2ccccc2)C(C)(CO)N(C)C)c1C. The van der Waals surface area contributed by atoms with Gasteiger partial charge in [0.05, 0.1) is 24.2 Å². The van der Waals surface area contributed by atoms with Crippen molar-refractivity contribution < 1.29 is 14.7 Å². The summed E-state index contributed by atoms with van der Waals surface area (Å²) in [4.78, 5) is 30.2. The number of carbonyl (C=O) groups is 2. The fourth-order valence-electron chi connectivity index (χ4n) is 6.17. The summed E-state index contributed by atoms with van der Waals surface area (Å²) < 4.78 is 0. The van der Waals surface area contributed by atoms with Crippen LogP contribution in [0, 0.1) is 27.7 Å². The first-order valence-corrected chi connectivity index (χ1v) is 17.4. The number of hydrogen-bond acceptors (Lipinski definition) is 5. The van der Waals surface area contributed by atoms with Crippen molar-refractivity contribution in [3.8, 4) is 0 Å². The molecule has 0 aliphatic carbocycles. The maximum absolute atomic E-state index is 13.1. The minimum atomic E-state index is -0.630. The molecule has 0 spiro atoms. The van der Waals surface area contributed by atoms with Gasteiger partial charge in [0.15, 0.2) is 0 Å². The van der Waals surface area contributed by atoms with E-state index in [1.54, 1.807) is 0 Å². The molecule has 0 heterocycles. The van der Waals surface area contributed by atoms with E-state index in [1.807, 2.05) is 139 Å². The second-order valence-electron chi connectivity index (χ2n) is 14.1. The number of rotatable bonds is 12. The standard InChI is InChI=1S/C22H30N2O.C21H28N2O2/c1-7-22(4,24(5)6)20(18-13-9-8-10-14-18)23-21(25)19-15-11-12-16(2)17(19)3;1-15-10-9-13-18(16(15)2)20(25)22-19(17-11-7-6-8-12-17)21(3,14-24)23(4)5/h8-15,20H,7H2,1-6H3,(H,23,25);6-13,19,24H,14H2,1-5H3,(H,22,25). The number of nitrogens with zero attached hydrogens (tertiary/aromatic N) is 2. The Balaban J connectivity index is 0.000000270. The molecule has 50 heavy (non-hydrogen) atoms. The Kier molecular flexibility index (Phi) is 14.1. The lowest BCUT2D eigenvalue weighted by atomic mass is 9.83. The largest absolute Gasteiger partial charge is 0.394 e. The molecule has 4 atom stereocenters. The lowest BCUT2D eigenvalue weighted by Gasteiger charge is -2.43. The average Bonchev–Trinajstić information content (AvgIpc) is 3.11. The predicted octanol–water partition coefficient (Wildman–Crippen LogP) is 7.59. The first kappa shape index (κ1) is 40.1. The van der Waals surface area contributed by atoms with Crippen LogP contribution in [0.25, 0.3) is 0 Å². The number of amides is 2. The van der Waals surface area contributed by atoms with Crippen molar-refractivity contribution in [3.63, 3.8) is 0 Å². The summed E-state index contributed by atoms with van der Waals surface area (Å²) in [5, 5.41) is 16.5. The summed E-state index contributed by atoms with van der Waals surface area (Å²) in [6.45, 7) is 14.2. The van der Waals surface area contributed by atoms with E-state index in [1.165, 1.54) is 0 Å². The van der Waals surface area contributed by atoms with Crippen LogP contribution in [-0.4, -0.2) is 72.6 Å². The van der Waals surface area contributed by atoms with Gasteiger partial charge in [0, 0.05) is 16.7 Å². The van der Waals surface area contributed by atoms with Gasteiger partial charge in [0.1, 0.15) is 0 Å². The Labute approximate surface area is 300 Å². The van der Waals surface area contributed by atoms with Crippen molar-refractivity contribution in [3.05, 3.63) is 142 Å². The molecular weight excluding hydrogens is 620 g/mol. The van der Waals surface area contributed by atoms with E-state index >= 15 is 0 Å². The summed E-state index contributed by atoms with van der Waals surface area (Å²) in [6, 6.07) is 31.2. The summed E-state index contributed by atoms with van der Waals surface area (Å²) in [7, 11) is 7.97. The Bertz CT molecular complexity index is 1580. The van der Waals surface area contributed by atoms with E-state index in [0.717, 1.165) is 45.4 Å². The zero-order chi connectivity index (χ0) is 37.2. The summed E-state index contributed by atoms with van der Waals surface area (Å²) in [6.07, 6.45) is 0.923. The molecule has 3 N–H and O–H groups in total. The number of aryl methyl sites for hydroxylation is 2. The van der Waals surface area contributed by atoms with Gasteiger partial charge in [-0.05, 0) is 122 Å². The second kappa shape index (κ2) is 17.6. The maximum Gasteiger partial charge on any atom is 0.252 e. The average molecular weight is 679 g/mol. The zero-order valence-corrected chi connectivity index (χ0v) is 32.0. The van der Waals surface area contributed by atoms with E-state index < -0.39 is 5.54 Å². The molecule has 0 saturated carbocycles. The van der Waals surface area contributed by atoms with Gasteiger partial charge in [-0.2, -0.15) is 0 Å². The van der Waals surface area contributed by atoms with Crippen LogP contribution < -0.4 is 10.6 Å². The molecule has 2 amide bonds. The van der Waals surface area contributed by atoms with E-state index in [-0.39, 0.29) is 36.0 Å². The molecule has 4 aromatic rings. The van der Waals surface area contributed by atoms with Crippen molar-refractivity contribution in [1.82, 2.24) is 20.4 Å². The van der Waals surface area contributed by atoms with E-state index in [4.69, 9.17) is 0 Å². The summed E-state index contributed by atoms with van der Waals surface area (Å²) >= 11 is 0.